The van der Waals surface area contributed by atoms with Gasteiger partial charge < -0.3 is 20.0 Å². The molecule has 2 unspecified atom stereocenters. The number of rotatable bonds is 6. The molecule has 32 heavy (non-hydrogen) atoms. The van der Waals surface area contributed by atoms with Gasteiger partial charge in [0.25, 0.3) is 5.91 Å². The van der Waals surface area contributed by atoms with E-state index in [4.69, 9.17) is 11.6 Å². The maximum Gasteiger partial charge on any atom is 0.259 e. The van der Waals surface area contributed by atoms with Crippen LogP contribution in [0.3, 0.4) is 0 Å². The lowest BCUT2D eigenvalue weighted by Gasteiger charge is -2.23. The molecule has 9 heteroatoms. The van der Waals surface area contributed by atoms with Crippen LogP contribution in [0.25, 0.3) is 0 Å². The van der Waals surface area contributed by atoms with E-state index >= 15 is 0 Å². The van der Waals surface area contributed by atoms with Gasteiger partial charge in [-0.1, -0.05) is 17.7 Å². The maximum atomic E-state index is 13.1. The molecule has 1 aromatic carbocycles. The standard InChI is InChI=1S/C23H29ClN6O2/c1-15-4-5-18(8-20(15)24)27-21(31)6-7-29-10-16-12-30(13-17(16)11-29)23(32)19-9-25-14-26-22(19)28(2)3/h4-5,8-9,14,16-17H,6-7,10-13H2,1-3H3,(H,27,31). The number of hydrogen-bond acceptors (Lipinski definition) is 6. The van der Waals surface area contributed by atoms with Crippen molar-refractivity contribution in [2.24, 2.45) is 11.8 Å². The van der Waals surface area contributed by atoms with Gasteiger partial charge in [0.1, 0.15) is 17.7 Å². The predicted molar refractivity (Wildman–Crippen MR) is 125 cm³/mol. The number of nitrogens with zero attached hydrogens (tertiary/aromatic N) is 5. The van der Waals surface area contributed by atoms with Crippen molar-refractivity contribution in [3.63, 3.8) is 0 Å². The number of fused-ring (bicyclic) bond motifs is 1. The van der Waals surface area contributed by atoms with E-state index in [0.717, 1.165) is 37.4 Å². The molecule has 0 bridgehead atoms. The number of carbonyl (C=O) groups is 2. The Morgan fingerprint density at radius 3 is 2.56 bits per heavy atom. The van der Waals surface area contributed by atoms with Crippen LogP contribution in [-0.4, -0.2) is 78.4 Å². The van der Waals surface area contributed by atoms with Gasteiger partial charge in [-0.2, -0.15) is 0 Å². The third kappa shape index (κ3) is 4.86. The zero-order chi connectivity index (χ0) is 22.8. The zero-order valence-electron chi connectivity index (χ0n) is 18.7. The van der Waals surface area contributed by atoms with Gasteiger partial charge in [-0.05, 0) is 36.5 Å². The first-order valence-corrected chi connectivity index (χ1v) is 11.2. The second-order valence-corrected chi connectivity index (χ2v) is 9.31. The summed E-state index contributed by atoms with van der Waals surface area (Å²) < 4.78 is 0. The van der Waals surface area contributed by atoms with Crippen LogP contribution in [0.4, 0.5) is 11.5 Å². The molecule has 3 heterocycles. The fourth-order valence-corrected chi connectivity index (χ4v) is 4.77. The molecule has 0 aliphatic carbocycles. The van der Waals surface area contributed by atoms with Crippen molar-refractivity contribution < 1.29 is 9.59 Å². The van der Waals surface area contributed by atoms with Crippen LogP contribution in [0.2, 0.25) is 5.02 Å². The van der Waals surface area contributed by atoms with E-state index in [2.05, 4.69) is 20.2 Å². The van der Waals surface area contributed by atoms with Gasteiger partial charge in [-0.15, -0.1) is 0 Å². The van der Waals surface area contributed by atoms with E-state index in [0.29, 0.717) is 41.2 Å². The molecule has 170 valence electrons. The van der Waals surface area contributed by atoms with Gasteiger partial charge in [-0.25, -0.2) is 9.97 Å². The topological polar surface area (TPSA) is 81.7 Å². The molecular formula is C23H29ClN6O2. The minimum atomic E-state index is -0.0147. The molecule has 0 saturated carbocycles. The summed E-state index contributed by atoms with van der Waals surface area (Å²) >= 11 is 6.13. The number of halogens is 1. The molecule has 2 aliphatic rings. The number of hydrogen-bond donors (Lipinski definition) is 1. The number of anilines is 2. The molecule has 4 rings (SSSR count). The molecule has 8 nitrogen and oxygen atoms in total. The van der Waals surface area contributed by atoms with E-state index in [1.54, 1.807) is 12.3 Å². The van der Waals surface area contributed by atoms with E-state index in [1.165, 1.54) is 6.33 Å². The minimum absolute atomic E-state index is 0.00798. The maximum absolute atomic E-state index is 13.1. The van der Waals surface area contributed by atoms with Gasteiger partial charge >= 0.3 is 0 Å². The van der Waals surface area contributed by atoms with Crippen LogP contribution in [0.1, 0.15) is 22.3 Å². The first kappa shape index (κ1) is 22.5. The summed E-state index contributed by atoms with van der Waals surface area (Å²) in [6.45, 7) is 5.92. The van der Waals surface area contributed by atoms with Gasteiger partial charge in [0, 0.05) is 70.1 Å². The molecule has 2 atom stereocenters. The second kappa shape index (κ2) is 9.42. The third-order valence-corrected chi connectivity index (χ3v) is 6.71. The average molecular weight is 457 g/mol. The molecule has 1 aromatic heterocycles. The highest BCUT2D eigenvalue weighted by Gasteiger charge is 2.42. The third-order valence-electron chi connectivity index (χ3n) is 6.31. The normalized spacial score (nSPS) is 20.3. The van der Waals surface area contributed by atoms with Crippen molar-refractivity contribution in [1.82, 2.24) is 19.8 Å². The lowest BCUT2D eigenvalue weighted by atomic mass is 10.0. The quantitative estimate of drug-likeness (QED) is 0.719. The first-order valence-electron chi connectivity index (χ1n) is 10.9. The Morgan fingerprint density at radius 2 is 1.91 bits per heavy atom. The Balaban J connectivity index is 1.26. The van der Waals surface area contributed by atoms with Gasteiger partial charge in [0.2, 0.25) is 5.91 Å². The van der Waals surface area contributed by atoms with Crippen molar-refractivity contribution in [3.8, 4) is 0 Å². The van der Waals surface area contributed by atoms with E-state index in [1.807, 2.05) is 43.0 Å². The van der Waals surface area contributed by atoms with Crippen molar-refractivity contribution in [1.29, 1.82) is 0 Å². The van der Waals surface area contributed by atoms with Crippen molar-refractivity contribution in [2.75, 3.05) is 57.0 Å². The summed E-state index contributed by atoms with van der Waals surface area (Å²) in [6.07, 6.45) is 3.50. The van der Waals surface area contributed by atoms with E-state index < -0.39 is 0 Å². The number of likely N-dealkylation sites (tertiary alicyclic amines) is 2. The highest BCUT2D eigenvalue weighted by molar-refractivity contribution is 6.31. The molecule has 1 N–H and O–H groups in total. The van der Waals surface area contributed by atoms with Crippen LogP contribution in [0, 0.1) is 18.8 Å². The van der Waals surface area contributed by atoms with Gasteiger partial charge in [0.15, 0.2) is 0 Å². The molecule has 0 spiro atoms. The summed E-state index contributed by atoms with van der Waals surface area (Å²) in [7, 11) is 3.75. The zero-order valence-corrected chi connectivity index (χ0v) is 19.5. The number of amides is 2. The number of aryl methyl sites for hydroxylation is 1. The number of benzene rings is 1. The predicted octanol–water partition coefficient (Wildman–Crippen LogP) is 2.54. The molecular weight excluding hydrogens is 428 g/mol. The highest BCUT2D eigenvalue weighted by atomic mass is 35.5. The van der Waals surface area contributed by atoms with Gasteiger partial charge in [-0.3, -0.25) is 9.59 Å². The molecule has 2 amide bonds. The molecule has 0 radical (unpaired) electrons. The number of aromatic nitrogens is 2. The molecule has 2 fully saturated rings. The summed E-state index contributed by atoms with van der Waals surface area (Å²) in [6, 6.07) is 5.54. The first-order chi connectivity index (χ1) is 15.3. The molecule has 2 saturated heterocycles. The Kier molecular flexibility index (Phi) is 6.62. The van der Waals surface area contributed by atoms with Crippen LogP contribution in [-0.2, 0) is 4.79 Å². The SMILES string of the molecule is Cc1ccc(NC(=O)CCN2CC3CN(C(=O)c4cncnc4N(C)C)CC3C2)cc1Cl. The summed E-state index contributed by atoms with van der Waals surface area (Å²) in [5, 5.41) is 3.57. The Bertz CT molecular complexity index is 1000. The lowest BCUT2D eigenvalue weighted by Crippen LogP contribution is -2.35. The summed E-state index contributed by atoms with van der Waals surface area (Å²) in [5.41, 5.74) is 2.25. The highest BCUT2D eigenvalue weighted by Crippen LogP contribution is 2.32. The second-order valence-electron chi connectivity index (χ2n) is 8.91. The van der Waals surface area contributed by atoms with Crippen LogP contribution in [0.5, 0.6) is 0 Å². The number of nitrogens with one attached hydrogen (secondary N) is 1. The Labute approximate surface area is 193 Å². The summed E-state index contributed by atoms with van der Waals surface area (Å²) in [4.78, 5) is 39.8. The smallest absolute Gasteiger partial charge is 0.259 e. The van der Waals surface area contributed by atoms with Crippen molar-refractivity contribution in [3.05, 3.63) is 46.9 Å². The monoisotopic (exact) mass is 456 g/mol. The van der Waals surface area contributed by atoms with Gasteiger partial charge in [0.05, 0.1) is 0 Å². The minimum Gasteiger partial charge on any atom is -0.362 e. The fraction of sp³-hybridized carbons (Fsp3) is 0.478. The Hall–Kier alpha value is -2.71. The van der Waals surface area contributed by atoms with Crippen molar-refractivity contribution in [2.45, 2.75) is 13.3 Å². The van der Waals surface area contributed by atoms with E-state index in [-0.39, 0.29) is 11.8 Å². The summed E-state index contributed by atoms with van der Waals surface area (Å²) in [5.74, 6) is 1.49. The molecule has 2 aliphatic heterocycles. The van der Waals surface area contributed by atoms with Crippen LogP contribution < -0.4 is 10.2 Å². The molecule has 2 aromatic rings. The Morgan fingerprint density at radius 1 is 1.19 bits per heavy atom. The van der Waals surface area contributed by atoms with Crippen LogP contribution in [0.15, 0.2) is 30.7 Å². The largest absolute Gasteiger partial charge is 0.362 e. The fourth-order valence-electron chi connectivity index (χ4n) is 4.59. The van der Waals surface area contributed by atoms with Crippen molar-refractivity contribution >= 4 is 34.9 Å². The van der Waals surface area contributed by atoms with Crippen LogP contribution >= 0.6 is 11.6 Å². The number of carbonyl (C=O) groups excluding carboxylic acids is 2. The lowest BCUT2D eigenvalue weighted by molar-refractivity contribution is -0.116. The van der Waals surface area contributed by atoms with E-state index in [9.17, 15) is 9.59 Å². The average Bonchev–Trinajstić information content (AvgIpc) is 3.33.